The molecule has 0 aromatic carbocycles. The molecular formula is C8H11N8+. The fourth-order valence-electron chi connectivity index (χ4n) is 1.73. The molecule has 0 saturated carbocycles. The topological polar surface area (TPSA) is 104 Å². The third-order valence-electron chi connectivity index (χ3n) is 2.45. The van der Waals surface area contributed by atoms with E-state index in [1.54, 1.807) is 4.52 Å². The number of anilines is 1. The van der Waals surface area contributed by atoms with Crippen molar-refractivity contribution in [3.8, 4) is 0 Å². The van der Waals surface area contributed by atoms with Gasteiger partial charge >= 0.3 is 11.6 Å². The predicted octanol–water partition coefficient (Wildman–Crippen LogP) is -1.42. The van der Waals surface area contributed by atoms with Gasteiger partial charge in [0, 0.05) is 11.2 Å². The Morgan fingerprint density at radius 1 is 1.31 bits per heavy atom. The van der Waals surface area contributed by atoms with Gasteiger partial charge in [-0.15, -0.1) is 14.2 Å². The Balaban J connectivity index is 2.58. The van der Waals surface area contributed by atoms with Gasteiger partial charge in [-0.3, -0.25) is 0 Å². The van der Waals surface area contributed by atoms with Gasteiger partial charge in [-0.25, -0.2) is 0 Å². The molecule has 0 radical (unpaired) electrons. The molecule has 3 aromatic rings. The van der Waals surface area contributed by atoms with Crippen molar-refractivity contribution in [3.05, 3.63) is 17.5 Å². The highest BCUT2D eigenvalue weighted by atomic mass is 15.6. The monoisotopic (exact) mass is 219 g/mol. The normalized spacial score (nSPS) is 11.6. The first kappa shape index (κ1) is 8.89. The van der Waals surface area contributed by atoms with Gasteiger partial charge in [-0.05, 0) is 13.8 Å². The van der Waals surface area contributed by atoms with Crippen LogP contribution in [0.4, 0.5) is 5.95 Å². The van der Waals surface area contributed by atoms with Crippen molar-refractivity contribution in [1.82, 2.24) is 24.4 Å². The summed E-state index contributed by atoms with van der Waals surface area (Å²) in [6, 6.07) is 1.93. The molecule has 0 bridgehead atoms. The molecule has 0 aliphatic heterocycles. The lowest BCUT2D eigenvalue weighted by molar-refractivity contribution is -0.552. The van der Waals surface area contributed by atoms with Crippen molar-refractivity contribution in [3.63, 3.8) is 0 Å². The highest BCUT2D eigenvalue weighted by Crippen LogP contribution is 2.05. The molecular weight excluding hydrogens is 208 g/mol. The van der Waals surface area contributed by atoms with Crippen molar-refractivity contribution < 1.29 is 4.52 Å². The minimum Gasteiger partial charge on any atom is -0.358 e. The smallest absolute Gasteiger partial charge is 0.358 e. The Bertz CT molecular complexity index is 706. The number of aromatic nitrogens is 6. The van der Waals surface area contributed by atoms with E-state index in [1.807, 2.05) is 19.9 Å². The fourth-order valence-corrected chi connectivity index (χ4v) is 1.73. The van der Waals surface area contributed by atoms with Gasteiger partial charge in [0.05, 0.1) is 11.4 Å². The third kappa shape index (κ3) is 0.926. The number of rotatable bonds is 0. The lowest BCUT2D eigenvalue weighted by Crippen LogP contribution is -2.24. The van der Waals surface area contributed by atoms with Crippen LogP contribution in [0, 0.1) is 13.8 Å². The first-order valence-corrected chi connectivity index (χ1v) is 4.76. The third-order valence-corrected chi connectivity index (χ3v) is 2.45. The lowest BCUT2D eigenvalue weighted by Gasteiger charge is -1.92. The van der Waals surface area contributed by atoms with Crippen LogP contribution in [0.25, 0.3) is 11.6 Å². The lowest BCUT2D eigenvalue weighted by atomic mass is 10.4. The maximum Gasteiger partial charge on any atom is 0.402 e. The second kappa shape index (κ2) is 2.60. The summed E-state index contributed by atoms with van der Waals surface area (Å²) in [4.78, 5) is 4.36. The molecule has 0 amide bonds. The maximum atomic E-state index is 5.69. The van der Waals surface area contributed by atoms with E-state index >= 15 is 0 Å². The molecule has 3 rings (SSSR count). The summed E-state index contributed by atoms with van der Waals surface area (Å²) in [6.07, 6.45) is 0. The van der Waals surface area contributed by atoms with Crippen LogP contribution in [0.1, 0.15) is 11.4 Å². The molecule has 0 atom stereocenters. The second-order valence-electron chi connectivity index (χ2n) is 3.69. The molecule has 8 heteroatoms. The summed E-state index contributed by atoms with van der Waals surface area (Å²) in [5.74, 6) is 6.95. The molecule has 0 aliphatic rings. The molecule has 3 heterocycles. The highest BCUT2D eigenvalue weighted by Gasteiger charge is 2.22. The first-order valence-electron chi connectivity index (χ1n) is 4.76. The molecule has 0 saturated heterocycles. The molecule has 0 spiro atoms. The number of hydrogen-bond donors (Lipinski definition) is 2. The van der Waals surface area contributed by atoms with E-state index in [2.05, 4.69) is 15.2 Å². The Labute approximate surface area is 90.1 Å². The van der Waals surface area contributed by atoms with Crippen LogP contribution in [0.5, 0.6) is 0 Å². The van der Waals surface area contributed by atoms with Gasteiger partial charge in [0.15, 0.2) is 0 Å². The van der Waals surface area contributed by atoms with Gasteiger partial charge in [0.1, 0.15) is 0 Å². The number of fused-ring (bicyclic) bond motifs is 3. The Morgan fingerprint density at radius 3 is 2.81 bits per heavy atom. The van der Waals surface area contributed by atoms with Gasteiger partial charge < -0.3 is 11.6 Å². The van der Waals surface area contributed by atoms with Crippen LogP contribution >= 0.6 is 0 Å². The summed E-state index contributed by atoms with van der Waals surface area (Å²) < 4.78 is 4.43. The van der Waals surface area contributed by atoms with Crippen LogP contribution < -0.4 is 16.1 Å². The number of nitrogens with two attached hydrogens (primary N) is 2. The van der Waals surface area contributed by atoms with Gasteiger partial charge in [0.2, 0.25) is 0 Å². The minimum atomic E-state index is 0.200. The van der Waals surface area contributed by atoms with Gasteiger partial charge in [0.25, 0.3) is 5.95 Å². The van der Waals surface area contributed by atoms with E-state index in [0.717, 1.165) is 11.4 Å². The van der Waals surface area contributed by atoms with E-state index in [9.17, 15) is 0 Å². The summed E-state index contributed by atoms with van der Waals surface area (Å²) in [5, 5.41) is 8.36. The van der Waals surface area contributed by atoms with Gasteiger partial charge in [-0.1, -0.05) is 9.61 Å². The molecule has 8 nitrogen and oxygen atoms in total. The number of hydrogen-bond acceptors (Lipinski definition) is 5. The Hall–Kier alpha value is -2.38. The highest BCUT2D eigenvalue weighted by molar-refractivity contribution is 5.35. The minimum absolute atomic E-state index is 0.200. The van der Waals surface area contributed by atoms with Crippen molar-refractivity contribution in [2.24, 2.45) is 0 Å². The molecule has 0 fully saturated rings. The van der Waals surface area contributed by atoms with Crippen LogP contribution in [0.3, 0.4) is 0 Å². The largest absolute Gasteiger partial charge is 0.402 e. The predicted molar refractivity (Wildman–Crippen MR) is 56.0 cm³/mol. The van der Waals surface area contributed by atoms with E-state index in [4.69, 9.17) is 11.6 Å². The van der Waals surface area contributed by atoms with Crippen LogP contribution in [-0.2, 0) is 0 Å². The summed E-state index contributed by atoms with van der Waals surface area (Å²) in [6.45, 7) is 3.85. The van der Waals surface area contributed by atoms with E-state index in [0.29, 0.717) is 11.6 Å². The van der Waals surface area contributed by atoms with Crippen molar-refractivity contribution in [1.29, 1.82) is 0 Å². The molecule has 82 valence electrons. The zero-order chi connectivity index (χ0) is 11.4. The molecule has 0 aliphatic carbocycles. The van der Waals surface area contributed by atoms with Gasteiger partial charge in [-0.2, -0.15) is 0 Å². The number of aryl methyl sites for hydroxylation is 2. The summed E-state index contributed by atoms with van der Waals surface area (Å²) in [5.41, 5.74) is 7.45. The van der Waals surface area contributed by atoms with Crippen molar-refractivity contribution in [2.45, 2.75) is 13.8 Å². The molecule has 16 heavy (non-hydrogen) atoms. The van der Waals surface area contributed by atoms with Crippen LogP contribution in [0.2, 0.25) is 0 Å². The zero-order valence-corrected chi connectivity index (χ0v) is 8.92. The average Bonchev–Trinajstić information content (AvgIpc) is 2.68. The molecule has 0 unspecified atom stereocenters. The molecule has 4 N–H and O–H groups in total. The molecule has 3 aromatic heterocycles. The fraction of sp³-hybridized carbons (Fsp3) is 0.250. The zero-order valence-electron chi connectivity index (χ0n) is 8.92. The first-order chi connectivity index (χ1) is 7.58. The number of nitrogen functional groups attached to an aromatic ring is 2. The van der Waals surface area contributed by atoms with Crippen LogP contribution in [-0.4, -0.2) is 24.4 Å². The van der Waals surface area contributed by atoms with E-state index in [1.165, 1.54) is 9.19 Å². The average molecular weight is 219 g/mol. The second-order valence-corrected chi connectivity index (χ2v) is 3.69. The van der Waals surface area contributed by atoms with E-state index in [-0.39, 0.29) is 5.95 Å². The van der Waals surface area contributed by atoms with Crippen molar-refractivity contribution in [2.75, 3.05) is 11.6 Å². The Morgan fingerprint density at radius 2 is 2.06 bits per heavy atom. The number of nitrogens with zero attached hydrogens (tertiary/aromatic N) is 6. The SMILES string of the molecule is Cc1cc(C)n2nc3n(N)c(N)n[n+]3c2n1. The Kier molecular flexibility index (Phi) is 1.44. The standard InChI is InChI=1S/C8H11N8/c1-4-3-5(2)15-7(11-4)16-8(13-15)14(10)6(9)12-16/h3H,10H2,1-2H3,(H2,9,12)/q+1. The van der Waals surface area contributed by atoms with E-state index < -0.39 is 0 Å². The quantitative estimate of drug-likeness (QED) is 0.356. The summed E-state index contributed by atoms with van der Waals surface area (Å²) in [7, 11) is 0. The van der Waals surface area contributed by atoms with Crippen LogP contribution in [0.15, 0.2) is 6.07 Å². The van der Waals surface area contributed by atoms with Crippen molar-refractivity contribution >= 4 is 17.5 Å². The summed E-state index contributed by atoms with van der Waals surface area (Å²) >= 11 is 0. The maximum absolute atomic E-state index is 5.69.